The Labute approximate surface area is 85.5 Å². The maximum atomic E-state index is 5.21. The summed E-state index contributed by atoms with van der Waals surface area (Å²) in [6, 6.07) is 4.12. The zero-order valence-electron chi connectivity index (χ0n) is 8.92. The Morgan fingerprint density at radius 1 is 1.43 bits per heavy atom. The molecule has 3 nitrogen and oxygen atoms in total. The topological polar surface area (TPSA) is 34.1 Å². The van der Waals surface area contributed by atoms with Crippen molar-refractivity contribution >= 4 is 0 Å². The first-order chi connectivity index (χ1) is 6.83. The van der Waals surface area contributed by atoms with Crippen LogP contribution in [0.1, 0.15) is 18.2 Å². The van der Waals surface area contributed by atoms with Gasteiger partial charge in [0.05, 0.1) is 6.61 Å². The highest BCUT2D eigenvalue weighted by molar-refractivity contribution is 5.12. The molecule has 1 heterocycles. The summed E-state index contributed by atoms with van der Waals surface area (Å²) in [5.74, 6) is 0. The first-order valence-corrected chi connectivity index (χ1v) is 5.03. The van der Waals surface area contributed by atoms with Gasteiger partial charge in [0, 0.05) is 31.6 Å². The molecule has 0 aliphatic heterocycles. The number of pyridine rings is 1. The SMILES string of the molecule is CCOCCNCc1ccc(C)nc1. The van der Waals surface area contributed by atoms with E-state index in [1.54, 1.807) is 0 Å². The number of hydrogen-bond acceptors (Lipinski definition) is 3. The van der Waals surface area contributed by atoms with Crippen LogP contribution in [-0.4, -0.2) is 24.7 Å². The zero-order valence-corrected chi connectivity index (χ0v) is 8.92. The third-order valence-corrected chi connectivity index (χ3v) is 1.93. The normalized spacial score (nSPS) is 10.4. The van der Waals surface area contributed by atoms with Crippen molar-refractivity contribution in [3.05, 3.63) is 29.6 Å². The first kappa shape index (κ1) is 11.1. The number of aryl methyl sites for hydroxylation is 1. The van der Waals surface area contributed by atoms with Crippen LogP contribution >= 0.6 is 0 Å². The van der Waals surface area contributed by atoms with Crippen LogP contribution < -0.4 is 5.32 Å². The summed E-state index contributed by atoms with van der Waals surface area (Å²) in [4.78, 5) is 4.22. The predicted octanol–water partition coefficient (Wildman–Crippen LogP) is 1.52. The van der Waals surface area contributed by atoms with Gasteiger partial charge in [-0.2, -0.15) is 0 Å². The summed E-state index contributed by atoms with van der Waals surface area (Å²) < 4.78 is 5.21. The highest BCUT2D eigenvalue weighted by atomic mass is 16.5. The lowest BCUT2D eigenvalue weighted by Gasteiger charge is -2.04. The summed E-state index contributed by atoms with van der Waals surface area (Å²) in [5, 5.41) is 3.29. The van der Waals surface area contributed by atoms with Crippen LogP contribution in [0.2, 0.25) is 0 Å². The molecule has 0 aromatic carbocycles. The molecule has 1 aromatic heterocycles. The fourth-order valence-corrected chi connectivity index (χ4v) is 1.12. The standard InChI is InChI=1S/C11H18N2O/c1-3-14-7-6-12-8-11-5-4-10(2)13-9-11/h4-5,9,12H,3,6-8H2,1-2H3. The Bertz CT molecular complexity index is 246. The maximum Gasteiger partial charge on any atom is 0.0590 e. The largest absolute Gasteiger partial charge is 0.380 e. The van der Waals surface area contributed by atoms with E-state index in [2.05, 4.69) is 16.4 Å². The van der Waals surface area contributed by atoms with Gasteiger partial charge in [0.1, 0.15) is 0 Å². The van der Waals surface area contributed by atoms with Gasteiger partial charge in [-0.3, -0.25) is 4.98 Å². The fourth-order valence-electron chi connectivity index (χ4n) is 1.12. The Kier molecular flexibility index (Phi) is 5.19. The average Bonchev–Trinajstić information content (AvgIpc) is 2.21. The van der Waals surface area contributed by atoms with Gasteiger partial charge in [-0.05, 0) is 25.5 Å². The summed E-state index contributed by atoms with van der Waals surface area (Å²) in [6.45, 7) is 7.31. The van der Waals surface area contributed by atoms with Gasteiger partial charge in [-0.15, -0.1) is 0 Å². The zero-order chi connectivity index (χ0) is 10.2. The number of rotatable bonds is 6. The van der Waals surface area contributed by atoms with E-state index in [1.807, 2.05) is 26.1 Å². The quantitative estimate of drug-likeness (QED) is 0.697. The lowest BCUT2D eigenvalue weighted by Crippen LogP contribution is -2.19. The van der Waals surface area contributed by atoms with Crippen molar-refractivity contribution < 1.29 is 4.74 Å². The molecule has 0 aliphatic rings. The molecule has 14 heavy (non-hydrogen) atoms. The molecule has 0 fully saturated rings. The lowest BCUT2D eigenvalue weighted by molar-refractivity contribution is 0.149. The van der Waals surface area contributed by atoms with Gasteiger partial charge in [-0.25, -0.2) is 0 Å². The van der Waals surface area contributed by atoms with Crippen LogP contribution in [0, 0.1) is 6.92 Å². The van der Waals surface area contributed by atoms with E-state index in [9.17, 15) is 0 Å². The highest BCUT2D eigenvalue weighted by Crippen LogP contribution is 1.97. The van der Waals surface area contributed by atoms with E-state index < -0.39 is 0 Å². The summed E-state index contributed by atoms with van der Waals surface area (Å²) in [7, 11) is 0. The van der Waals surface area contributed by atoms with Crippen LogP contribution in [0.15, 0.2) is 18.3 Å². The molecular formula is C11H18N2O. The molecule has 3 heteroatoms. The minimum absolute atomic E-state index is 0.774. The molecule has 0 saturated heterocycles. The van der Waals surface area contributed by atoms with Crippen LogP contribution in [0.5, 0.6) is 0 Å². The van der Waals surface area contributed by atoms with Gasteiger partial charge in [-0.1, -0.05) is 6.07 Å². The van der Waals surface area contributed by atoms with Crippen molar-refractivity contribution in [3.63, 3.8) is 0 Å². The highest BCUT2D eigenvalue weighted by Gasteiger charge is 1.92. The number of aromatic nitrogens is 1. The van der Waals surface area contributed by atoms with E-state index in [0.29, 0.717) is 0 Å². The second-order valence-electron chi connectivity index (χ2n) is 3.18. The average molecular weight is 194 g/mol. The van der Waals surface area contributed by atoms with E-state index in [0.717, 1.165) is 32.0 Å². The third-order valence-electron chi connectivity index (χ3n) is 1.93. The Morgan fingerprint density at radius 2 is 2.29 bits per heavy atom. The lowest BCUT2D eigenvalue weighted by atomic mass is 10.2. The van der Waals surface area contributed by atoms with E-state index in [1.165, 1.54) is 5.56 Å². The van der Waals surface area contributed by atoms with Crippen molar-refractivity contribution in [1.82, 2.24) is 10.3 Å². The van der Waals surface area contributed by atoms with Crippen molar-refractivity contribution in [3.8, 4) is 0 Å². The summed E-state index contributed by atoms with van der Waals surface area (Å²) >= 11 is 0. The Hall–Kier alpha value is -0.930. The van der Waals surface area contributed by atoms with Gasteiger partial charge in [0.2, 0.25) is 0 Å². The molecule has 1 N–H and O–H groups in total. The molecule has 0 atom stereocenters. The van der Waals surface area contributed by atoms with Crippen LogP contribution in [-0.2, 0) is 11.3 Å². The number of nitrogens with zero attached hydrogens (tertiary/aromatic N) is 1. The molecule has 0 amide bonds. The predicted molar refractivity (Wildman–Crippen MR) is 57.2 cm³/mol. The van der Waals surface area contributed by atoms with Gasteiger partial charge in [0.25, 0.3) is 0 Å². The van der Waals surface area contributed by atoms with E-state index in [-0.39, 0.29) is 0 Å². The maximum absolute atomic E-state index is 5.21. The minimum Gasteiger partial charge on any atom is -0.380 e. The molecular weight excluding hydrogens is 176 g/mol. The molecule has 0 bridgehead atoms. The van der Waals surface area contributed by atoms with Gasteiger partial charge >= 0.3 is 0 Å². The molecule has 1 aromatic rings. The number of nitrogens with one attached hydrogen (secondary N) is 1. The third kappa shape index (κ3) is 4.35. The van der Waals surface area contributed by atoms with Crippen molar-refractivity contribution in [2.75, 3.05) is 19.8 Å². The number of hydrogen-bond donors (Lipinski definition) is 1. The molecule has 0 saturated carbocycles. The van der Waals surface area contributed by atoms with Crippen LogP contribution in [0.4, 0.5) is 0 Å². The van der Waals surface area contributed by atoms with Crippen molar-refractivity contribution in [2.24, 2.45) is 0 Å². The second kappa shape index (κ2) is 6.51. The molecule has 1 rings (SSSR count). The van der Waals surface area contributed by atoms with Gasteiger partial charge < -0.3 is 10.1 Å². The summed E-state index contributed by atoms with van der Waals surface area (Å²) in [5.41, 5.74) is 2.27. The van der Waals surface area contributed by atoms with E-state index >= 15 is 0 Å². The van der Waals surface area contributed by atoms with Crippen LogP contribution in [0.25, 0.3) is 0 Å². The first-order valence-electron chi connectivity index (χ1n) is 5.03. The molecule has 0 aliphatic carbocycles. The Morgan fingerprint density at radius 3 is 2.93 bits per heavy atom. The monoisotopic (exact) mass is 194 g/mol. The Balaban J connectivity index is 2.15. The molecule has 0 unspecified atom stereocenters. The second-order valence-corrected chi connectivity index (χ2v) is 3.18. The fraction of sp³-hybridized carbons (Fsp3) is 0.545. The van der Waals surface area contributed by atoms with Crippen molar-refractivity contribution in [2.45, 2.75) is 20.4 Å². The molecule has 78 valence electrons. The number of ether oxygens (including phenoxy) is 1. The smallest absolute Gasteiger partial charge is 0.0590 e. The van der Waals surface area contributed by atoms with Crippen LogP contribution in [0.3, 0.4) is 0 Å². The van der Waals surface area contributed by atoms with Crippen molar-refractivity contribution in [1.29, 1.82) is 0 Å². The molecule has 0 spiro atoms. The summed E-state index contributed by atoms with van der Waals surface area (Å²) in [6.07, 6.45) is 1.91. The van der Waals surface area contributed by atoms with Gasteiger partial charge in [0.15, 0.2) is 0 Å². The molecule has 0 radical (unpaired) electrons. The van der Waals surface area contributed by atoms with E-state index in [4.69, 9.17) is 4.74 Å². The minimum atomic E-state index is 0.774.